The van der Waals surface area contributed by atoms with Crippen LogP contribution in [0.2, 0.25) is 0 Å². The van der Waals surface area contributed by atoms with Gasteiger partial charge in [0.05, 0.1) is 11.6 Å². The minimum Gasteiger partial charge on any atom is -0.488 e. The van der Waals surface area contributed by atoms with E-state index in [9.17, 15) is 0 Å². The first-order valence-corrected chi connectivity index (χ1v) is 4.85. The van der Waals surface area contributed by atoms with E-state index in [0.29, 0.717) is 10.8 Å². The lowest BCUT2D eigenvalue weighted by Crippen LogP contribution is -1.97. The van der Waals surface area contributed by atoms with Crippen LogP contribution in [0.25, 0.3) is 0 Å². The largest absolute Gasteiger partial charge is 0.488 e. The van der Waals surface area contributed by atoms with Crippen molar-refractivity contribution in [3.63, 3.8) is 0 Å². The van der Waals surface area contributed by atoms with Crippen molar-refractivity contribution in [3.8, 4) is 5.75 Å². The molecule has 0 saturated heterocycles. The van der Waals surface area contributed by atoms with E-state index in [2.05, 4.69) is 0 Å². The Hall–Kier alpha value is -0.700. The lowest BCUT2D eigenvalue weighted by molar-refractivity contribution is 0.280. The van der Waals surface area contributed by atoms with E-state index >= 15 is 0 Å². The summed E-state index contributed by atoms with van der Waals surface area (Å²) in [5.41, 5.74) is 2.06. The van der Waals surface area contributed by atoms with Crippen LogP contribution >= 0.6 is 23.2 Å². The van der Waals surface area contributed by atoms with Gasteiger partial charge in [-0.3, -0.25) is 0 Å². The average Bonchev–Trinajstić information content (AvgIpc) is 2.26. The lowest BCUT2D eigenvalue weighted by atomic mass is 10.2. The first-order valence-electron chi connectivity index (χ1n) is 4.03. The molecule has 1 rings (SSSR count). The van der Waals surface area contributed by atoms with E-state index in [4.69, 9.17) is 33.0 Å². The maximum atomic E-state index is 8.87. The van der Waals surface area contributed by atoms with Crippen LogP contribution in [-0.4, -0.2) is 11.7 Å². The molecule has 0 aliphatic heterocycles. The molecular weight excluding hydrogens is 223 g/mol. The maximum Gasteiger partial charge on any atom is 0.125 e. The number of benzene rings is 1. The fourth-order valence-corrected chi connectivity index (χ4v) is 1.03. The van der Waals surface area contributed by atoms with Crippen molar-refractivity contribution in [2.45, 2.75) is 6.61 Å². The highest BCUT2D eigenvalue weighted by Gasteiger charge is 1.97. The van der Waals surface area contributed by atoms with E-state index in [0.717, 1.165) is 5.56 Å². The smallest absolute Gasteiger partial charge is 0.125 e. The Balaban J connectivity index is 2.58. The topological polar surface area (TPSA) is 29.5 Å². The summed E-state index contributed by atoms with van der Waals surface area (Å²) in [4.78, 5) is 0. The van der Waals surface area contributed by atoms with Crippen molar-refractivity contribution in [1.29, 1.82) is 0 Å². The van der Waals surface area contributed by atoms with Crippen molar-refractivity contribution in [2.24, 2.45) is 0 Å². The Labute approximate surface area is 92.7 Å². The molecule has 76 valence electrons. The highest BCUT2D eigenvalue weighted by Crippen LogP contribution is 2.15. The van der Waals surface area contributed by atoms with E-state index in [1.807, 2.05) is 6.07 Å². The van der Waals surface area contributed by atoms with Crippen molar-refractivity contribution in [1.82, 2.24) is 0 Å². The molecule has 0 unspecified atom stereocenters. The highest BCUT2D eigenvalue weighted by molar-refractivity contribution is 6.36. The number of halogens is 2. The van der Waals surface area contributed by atoms with Gasteiger partial charge in [-0.2, -0.15) is 0 Å². The quantitative estimate of drug-likeness (QED) is 0.866. The van der Waals surface area contributed by atoms with Crippen LogP contribution in [-0.2, 0) is 6.61 Å². The van der Waals surface area contributed by atoms with Crippen LogP contribution < -0.4 is 4.74 Å². The number of ether oxygens (including phenoxy) is 1. The van der Waals surface area contributed by atoms with E-state index in [1.54, 1.807) is 18.2 Å². The Morgan fingerprint density at radius 3 is 2.93 bits per heavy atom. The van der Waals surface area contributed by atoms with Gasteiger partial charge in [-0.05, 0) is 17.7 Å². The predicted molar refractivity (Wildman–Crippen MR) is 57.6 cm³/mol. The minimum atomic E-state index is -0.00369. The monoisotopic (exact) mass is 232 g/mol. The van der Waals surface area contributed by atoms with Gasteiger partial charge >= 0.3 is 0 Å². The minimum absolute atomic E-state index is 0.00369. The van der Waals surface area contributed by atoms with Gasteiger partial charge in [-0.1, -0.05) is 35.3 Å². The van der Waals surface area contributed by atoms with Gasteiger partial charge in [0, 0.05) is 5.54 Å². The fourth-order valence-electron chi connectivity index (χ4n) is 0.917. The van der Waals surface area contributed by atoms with Crippen LogP contribution in [0, 0.1) is 0 Å². The summed E-state index contributed by atoms with van der Waals surface area (Å²) in [6, 6.07) is 7.15. The van der Waals surface area contributed by atoms with E-state index < -0.39 is 0 Å². The highest BCUT2D eigenvalue weighted by atomic mass is 35.5. The first kappa shape index (κ1) is 11.4. The second-order valence-corrected chi connectivity index (χ2v) is 3.35. The zero-order chi connectivity index (χ0) is 10.4. The first-order chi connectivity index (χ1) is 6.76. The summed E-state index contributed by atoms with van der Waals surface area (Å²) in [7, 11) is 0. The zero-order valence-corrected chi connectivity index (χ0v) is 8.92. The second-order valence-electron chi connectivity index (χ2n) is 2.65. The molecule has 4 heteroatoms. The molecule has 0 spiro atoms. The number of aliphatic hydroxyl groups excluding tert-OH is 1. The summed E-state index contributed by atoms with van der Waals surface area (Å²) in [5.74, 6) is 0.660. The van der Waals surface area contributed by atoms with Crippen LogP contribution in [0.5, 0.6) is 5.75 Å². The van der Waals surface area contributed by atoms with Gasteiger partial charge in [0.2, 0.25) is 0 Å². The average molecular weight is 233 g/mol. The van der Waals surface area contributed by atoms with Gasteiger partial charge in [0.25, 0.3) is 0 Å². The molecule has 0 fully saturated rings. The SMILES string of the molecule is OCc1cccc(OC/C(Cl)=C/Cl)c1. The van der Waals surface area contributed by atoms with Gasteiger partial charge in [-0.25, -0.2) is 0 Å². The third-order valence-corrected chi connectivity index (χ3v) is 2.17. The third kappa shape index (κ3) is 3.58. The molecule has 2 nitrogen and oxygen atoms in total. The number of aliphatic hydroxyl groups is 1. The molecule has 0 heterocycles. The number of hydrogen-bond donors (Lipinski definition) is 1. The van der Waals surface area contributed by atoms with Gasteiger partial charge in [-0.15, -0.1) is 0 Å². The molecular formula is C10H10Cl2O2. The second kappa shape index (κ2) is 5.91. The zero-order valence-electron chi connectivity index (χ0n) is 7.41. The Morgan fingerprint density at radius 1 is 1.50 bits per heavy atom. The molecule has 0 amide bonds. The van der Waals surface area contributed by atoms with Crippen LogP contribution in [0.4, 0.5) is 0 Å². The summed E-state index contributed by atoms with van der Waals surface area (Å²) >= 11 is 11.0. The maximum absolute atomic E-state index is 8.87. The van der Waals surface area contributed by atoms with Crippen LogP contribution in [0.15, 0.2) is 34.8 Å². The summed E-state index contributed by atoms with van der Waals surface area (Å²) in [5, 5.41) is 9.30. The van der Waals surface area contributed by atoms with Gasteiger partial charge in [0.15, 0.2) is 0 Å². The molecule has 14 heavy (non-hydrogen) atoms. The van der Waals surface area contributed by atoms with Crippen molar-refractivity contribution in [3.05, 3.63) is 40.4 Å². The molecule has 0 atom stereocenters. The standard InChI is InChI=1S/C10H10Cl2O2/c11-5-9(12)7-14-10-3-1-2-8(4-10)6-13/h1-5,13H,6-7H2/b9-5-. The van der Waals surface area contributed by atoms with Gasteiger partial charge in [0.1, 0.15) is 12.4 Å². The molecule has 0 aliphatic rings. The fraction of sp³-hybridized carbons (Fsp3) is 0.200. The molecule has 0 radical (unpaired) electrons. The Bertz CT molecular complexity index is 324. The lowest BCUT2D eigenvalue weighted by Gasteiger charge is -2.05. The third-order valence-electron chi connectivity index (χ3n) is 1.58. The molecule has 1 N–H and O–H groups in total. The normalized spacial score (nSPS) is 11.5. The van der Waals surface area contributed by atoms with Gasteiger partial charge < -0.3 is 9.84 Å². The van der Waals surface area contributed by atoms with Crippen molar-refractivity contribution >= 4 is 23.2 Å². The van der Waals surface area contributed by atoms with Crippen LogP contribution in [0.1, 0.15) is 5.56 Å². The summed E-state index contributed by atoms with van der Waals surface area (Å²) in [6.45, 7) is 0.232. The number of rotatable bonds is 4. The summed E-state index contributed by atoms with van der Waals surface area (Å²) in [6.07, 6.45) is 0. The summed E-state index contributed by atoms with van der Waals surface area (Å²) < 4.78 is 5.31. The molecule has 0 bridgehead atoms. The molecule has 0 aromatic heterocycles. The van der Waals surface area contributed by atoms with Crippen LogP contribution in [0.3, 0.4) is 0 Å². The Morgan fingerprint density at radius 2 is 2.29 bits per heavy atom. The molecule has 1 aromatic rings. The van der Waals surface area contributed by atoms with E-state index in [-0.39, 0.29) is 13.2 Å². The van der Waals surface area contributed by atoms with E-state index in [1.165, 1.54) is 5.54 Å². The van der Waals surface area contributed by atoms with Crippen molar-refractivity contribution < 1.29 is 9.84 Å². The molecule has 0 saturated carbocycles. The molecule has 1 aromatic carbocycles. The number of hydrogen-bond acceptors (Lipinski definition) is 2. The van der Waals surface area contributed by atoms with Crippen molar-refractivity contribution in [2.75, 3.05) is 6.61 Å². The molecule has 0 aliphatic carbocycles. The Kier molecular flexibility index (Phi) is 4.80. The predicted octanol–water partition coefficient (Wildman–Crippen LogP) is 2.88.